The van der Waals surface area contributed by atoms with Crippen molar-refractivity contribution in [2.75, 3.05) is 5.32 Å². The number of hydrogen-bond donors (Lipinski definition) is 1. The van der Waals surface area contributed by atoms with Crippen LogP contribution in [0.1, 0.15) is 70.0 Å². The van der Waals surface area contributed by atoms with E-state index >= 15 is 0 Å². The first-order chi connectivity index (χ1) is 11.3. The fourth-order valence-electron chi connectivity index (χ4n) is 2.36. The molecule has 1 heterocycles. The lowest BCUT2D eigenvalue weighted by Crippen LogP contribution is -2.10. The number of rotatable bonds is 5. The first-order valence-corrected chi connectivity index (χ1v) is 8.53. The monoisotopic (exact) mass is 349 g/mol. The van der Waals surface area contributed by atoms with E-state index in [1.54, 1.807) is 0 Å². The van der Waals surface area contributed by atoms with E-state index in [1.165, 1.54) is 46.0 Å². The van der Waals surface area contributed by atoms with E-state index in [1.807, 2.05) is 6.07 Å². The van der Waals surface area contributed by atoms with E-state index < -0.39 is 5.97 Å². The Bertz CT molecular complexity index is 710. The molecule has 1 N–H and O–H groups in total. The van der Waals surface area contributed by atoms with Crippen LogP contribution in [-0.4, -0.2) is 11.9 Å². The molecular formula is C18H20FNO3S. The highest BCUT2D eigenvalue weighted by Crippen LogP contribution is 2.34. The van der Waals surface area contributed by atoms with Crippen molar-refractivity contribution in [3.63, 3.8) is 0 Å². The minimum Gasteiger partial charge on any atom is -0.321 e. The highest BCUT2D eigenvalue weighted by Gasteiger charge is 2.18. The summed E-state index contributed by atoms with van der Waals surface area (Å²) in [5, 5.41) is 2.79. The van der Waals surface area contributed by atoms with Crippen molar-refractivity contribution < 1.29 is 19.1 Å². The van der Waals surface area contributed by atoms with Crippen molar-refractivity contribution in [2.45, 2.75) is 39.5 Å². The minimum absolute atomic E-state index is 0.0795. The Labute approximate surface area is 144 Å². The van der Waals surface area contributed by atoms with Crippen LogP contribution in [0.3, 0.4) is 0 Å². The molecule has 0 aliphatic carbocycles. The molecule has 1 amide bonds. The van der Waals surface area contributed by atoms with Gasteiger partial charge in [0.2, 0.25) is 0 Å². The van der Waals surface area contributed by atoms with Gasteiger partial charge in [-0.05, 0) is 47.7 Å². The summed E-state index contributed by atoms with van der Waals surface area (Å²) in [5.74, 6) is -0.546. The fraction of sp³-hybridized carbons (Fsp3) is 0.333. The van der Waals surface area contributed by atoms with Gasteiger partial charge in [-0.2, -0.15) is 0 Å². The molecule has 0 unspecified atom stereocenters. The molecule has 2 aromatic rings. The van der Waals surface area contributed by atoms with E-state index in [0.29, 0.717) is 22.4 Å². The SMILES string of the molecule is CC(C)c1cc(C(=O)Nc2ccc(C(=O)OF)cc2)sc1C(C)C. The van der Waals surface area contributed by atoms with Crippen LogP contribution >= 0.6 is 11.3 Å². The molecule has 0 saturated carbocycles. The van der Waals surface area contributed by atoms with Crippen LogP contribution < -0.4 is 5.32 Å². The van der Waals surface area contributed by atoms with E-state index in [4.69, 9.17) is 0 Å². The molecule has 1 aromatic carbocycles. The van der Waals surface area contributed by atoms with Gasteiger partial charge in [-0.1, -0.05) is 27.7 Å². The normalized spacial score (nSPS) is 11.0. The zero-order chi connectivity index (χ0) is 17.9. The number of benzene rings is 1. The van der Waals surface area contributed by atoms with Crippen LogP contribution in [0.15, 0.2) is 30.3 Å². The predicted octanol–water partition coefficient (Wildman–Crippen LogP) is 5.29. The van der Waals surface area contributed by atoms with Gasteiger partial charge in [-0.3, -0.25) is 4.79 Å². The molecule has 0 atom stereocenters. The number of hydrogen-bond acceptors (Lipinski definition) is 4. The van der Waals surface area contributed by atoms with Crippen LogP contribution in [0.5, 0.6) is 0 Å². The van der Waals surface area contributed by atoms with Gasteiger partial charge in [-0.25, -0.2) is 9.74 Å². The minimum atomic E-state index is -1.06. The second-order valence-corrected chi connectivity index (χ2v) is 7.22. The van der Waals surface area contributed by atoms with E-state index in [9.17, 15) is 14.1 Å². The van der Waals surface area contributed by atoms with Gasteiger partial charge in [0, 0.05) is 15.1 Å². The quantitative estimate of drug-likeness (QED) is 0.798. The lowest BCUT2D eigenvalue weighted by atomic mass is 9.99. The second kappa shape index (κ2) is 7.57. The molecule has 0 spiro atoms. The number of anilines is 1. The highest BCUT2D eigenvalue weighted by molar-refractivity contribution is 7.14. The summed E-state index contributed by atoms with van der Waals surface area (Å²) >= 11 is 1.50. The number of amides is 1. The molecule has 0 bridgehead atoms. The maximum Gasteiger partial charge on any atom is 0.379 e. The zero-order valence-corrected chi connectivity index (χ0v) is 14.9. The van der Waals surface area contributed by atoms with Gasteiger partial charge in [0.05, 0.1) is 10.4 Å². The molecule has 0 radical (unpaired) electrons. The van der Waals surface area contributed by atoms with Crippen LogP contribution in [0.25, 0.3) is 0 Å². The van der Waals surface area contributed by atoms with Crippen molar-refractivity contribution in [1.82, 2.24) is 0 Å². The molecule has 0 aliphatic heterocycles. The van der Waals surface area contributed by atoms with Crippen molar-refractivity contribution in [2.24, 2.45) is 0 Å². The van der Waals surface area contributed by atoms with Gasteiger partial charge in [0.25, 0.3) is 5.91 Å². The third-order valence-corrected chi connectivity index (χ3v) is 5.06. The Morgan fingerprint density at radius 2 is 1.71 bits per heavy atom. The number of thiophene rings is 1. The number of carbonyl (C=O) groups is 2. The molecule has 0 aliphatic rings. The Hall–Kier alpha value is -2.21. The second-order valence-electron chi connectivity index (χ2n) is 6.14. The lowest BCUT2D eigenvalue weighted by molar-refractivity contribution is -0.0788. The number of halogens is 1. The summed E-state index contributed by atoms with van der Waals surface area (Å²) in [6.07, 6.45) is 0. The van der Waals surface area contributed by atoms with Crippen molar-refractivity contribution in [3.05, 3.63) is 51.2 Å². The Kier molecular flexibility index (Phi) is 5.72. The Morgan fingerprint density at radius 1 is 1.08 bits per heavy atom. The smallest absolute Gasteiger partial charge is 0.321 e. The first-order valence-electron chi connectivity index (χ1n) is 7.71. The number of nitrogens with one attached hydrogen (secondary N) is 1. The Balaban J connectivity index is 2.18. The van der Waals surface area contributed by atoms with Gasteiger partial charge in [0.1, 0.15) is 0 Å². The van der Waals surface area contributed by atoms with Crippen LogP contribution in [-0.2, 0) is 4.94 Å². The standard InChI is InChI=1S/C18H20FNO3S/c1-10(2)14-9-15(24-16(14)11(3)4)17(21)20-13-7-5-12(6-8-13)18(22)23-19/h5-11H,1-4H3,(H,20,21). The maximum atomic E-state index is 12.4. The highest BCUT2D eigenvalue weighted by atomic mass is 32.1. The summed E-state index contributed by atoms with van der Waals surface area (Å²) in [6.45, 7) is 8.45. The van der Waals surface area contributed by atoms with Crippen LogP contribution in [0, 0.1) is 0 Å². The van der Waals surface area contributed by atoms with Crippen LogP contribution in [0.2, 0.25) is 0 Å². The molecule has 0 fully saturated rings. The Morgan fingerprint density at radius 3 is 2.17 bits per heavy atom. The molecule has 6 heteroatoms. The average molecular weight is 349 g/mol. The lowest BCUT2D eigenvalue weighted by Gasteiger charge is -2.08. The topological polar surface area (TPSA) is 55.4 Å². The third kappa shape index (κ3) is 4.00. The molecule has 2 rings (SSSR count). The van der Waals surface area contributed by atoms with E-state index in [0.717, 1.165) is 0 Å². The largest absolute Gasteiger partial charge is 0.379 e. The summed E-state index contributed by atoms with van der Waals surface area (Å²) in [5.41, 5.74) is 1.80. The predicted molar refractivity (Wildman–Crippen MR) is 93.4 cm³/mol. The maximum absolute atomic E-state index is 12.4. The first kappa shape index (κ1) is 18.1. The van der Waals surface area contributed by atoms with Crippen LogP contribution in [0.4, 0.5) is 10.2 Å². The zero-order valence-electron chi connectivity index (χ0n) is 14.1. The molecule has 0 saturated heterocycles. The van der Waals surface area contributed by atoms with Crippen molar-refractivity contribution >= 4 is 28.9 Å². The van der Waals surface area contributed by atoms with Gasteiger partial charge in [0.15, 0.2) is 0 Å². The molecule has 24 heavy (non-hydrogen) atoms. The molecular weight excluding hydrogens is 329 g/mol. The summed E-state index contributed by atoms with van der Waals surface area (Å²) in [6, 6.07) is 7.79. The van der Waals surface area contributed by atoms with Crippen molar-refractivity contribution in [1.29, 1.82) is 0 Å². The third-order valence-electron chi connectivity index (χ3n) is 3.61. The summed E-state index contributed by atoms with van der Waals surface area (Å²) < 4.78 is 11.9. The van der Waals surface area contributed by atoms with E-state index in [2.05, 4.69) is 38.0 Å². The molecule has 128 valence electrons. The van der Waals surface area contributed by atoms with Gasteiger partial charge in [-0.15, -0.1) is 11.3 Å². The molecule has 4 nitrogen and oxygen atoms in total. The fourth-order valence-corrected chi connectivity index (χ4v) is 3.58. The molecule has 1 aromatic heterocycles. The number of carbonyl (C=O) groups excluding carboxylic acids is 2. The van der Waals surface area contributed by atoms with Gasteiger partial charge < -0.3 is 5.32 Å². The van der Waals surface area contributed by atoms with E-state index in [-0.39, 0.29) is 11.5 Å². The van der Waals surface area contributed by atoms with Crippen molar-refractivity contribution in [3.8, 4) is 0 Å². The summed E-state index contributed by atoms with van der Waals surface area (Å²) in [4.78, 5) is 28.5. The summed E-state index contributed by atoms with van der Waals surface area (Å²) in [7, 11) is 0. The van der Waals surface area contributed by atoms with Gasteiger partial charge >= 0.3 is 5.97 Å². The average Bonchev–Trinajstić information content (AvgIpc) is 3.01.